The Bertz CT molecular complexity index is 1410. The molecule has 0 spiro atoms. The van der Waals surface area contributed by atoms with Crippen LogP contribution in [0.3, 0.4) is 0 Å². The number of para-hydroxylation sites is 2. The molecule has 1 saturated heterocycles. The van der Waals surface area contributed by atoms with Gasteiger partial charge in [0.25, 0.3) is 5.56 Å². The van der Waals surface area contributed by atoms with Crippen LogP contribution in [-0.4, -0.2) is 42.5 Å². The summed E-state index contributed by atoms with van der Waals surface area (Å²) in [6.07, 6.45) is 5.67. The van der Waals surface area contributed by atoms with Crippen molar-refractivity contribution >= 4 is 32.5 Å². The van der Waals surface area contributed by atoms with E-state index >= 15 is 0 Å². The lowest BCUT2D eigenvalue weighted by Crippen LogP contribution is -2.38. The summed E-state index contributed by atoms with van der Waals surface area (Å²) in [5.41, 5.74) is 2.32. The zero-order valence-electron chi connectivity index (χ0n) is 17.5. The van der Waals surface area contributed by atoms with E-state index in [4.69, 9.17) is 4.98 Å². The van der Waals surface area contributed by atoms with E-state index in [9.17, 15) is 4.79 Å². The minimum atomic E-state index is -0.148. The van der Waals surface area contributed by atoms with E-state index in [2.05, 4.69) is 33.3 Å². The number of hydrogen-bond acceptors (Lipinski definition) is 6. The third-order valence-corrected chi connectivity index (χ3v) is 7.32. The van der Waals surface area contributed by atoms with Gasteiger partial charge in [0.2, 0.25) is 0 Å². The number of thiazole rings is 1. The second-order valence-electron chi connectivity index (χ2n) is 8.22. The zero-order valence-corrected chi connectivity index (χ0v) is 18.3. The molecule has 0 unspecified atom stereocenters. The molecule has 0 amide bonds. The Labute approximate surface area is 188 Å². The number of rotatable bonds is 4. The van der Waals surface area contributed by atoms with Crippen molar-refractivity contribution in [1.29, 1.82) is 0 Å². The van der Waals surface area contributed by atoms with Gasteiger partial charge >= 0.3 is 0 Å². The van der Waals surface area contributed by atoms with E-state index < -0.39 is 0 Å². The maximum absolute atomic E-state index is 13.0. The van der Waals surface area contributed by atoms with Crippen LogP contribution in [0, 0.1) is 0 Å². The molecule has 0 bridgehead atoms. The Kier molecular flexibility index (Phi) is 4.81. The first-order valence-electron chi connectivity index (χ1n) is 10.8. The number of aromatic nitrogens is 5. The molecule has 0 N–H and O–H groups in total. The van der Waals surface area contributed by atoms with Crippen LogP contribution in [0.2, 0.25) is 0 Å². The highest BCUT2D eigenvalue weighted by Gasteiger charge is 2.24. The molecule has 2 aromatic carbocycles. The highest BCUT2D eigenvalue weighted by Crippen LogP contribution is 2.33. The number of hydrogen-bond donors (Lipinski definition) is 0. The summed E-state index contributed by atoms with van der Waals surface area (Å²) in [6, 6.07) is 18.1. The maximum Gasteiger partial charge on any atom is 0.296 e. The summed E-state index contributed by atoms with van der Waals surface area (Å²) in [7, 11) is 0. The van der Waals surface area contributed by atoms with Gasteiger partial charge in [0.05, 0.1) is 33.8 Å². The fourth-order valence-electron chi connectivity index (χ4n) is 4.34. The molecular formula is C24H22N6OS. The van der Waals surface area contributed by atoms with Gasteiger partial charge in [0.15, 0.2) is 5.52 Å². The number of fused-ring (bicyclic) bond motifs is 2. The normalized spacial score (nSPS) is 15.6. The minimum absolute atomic E-state index is 0.148. The van der Waals surface area contributed by atoms with Crippen LogP contribution in [0.1, 0.15) is 23.8 Å². The lowest BCUT2D eigenvalue weighted by molar-refractivity contribution is 0.158. The smallest absolute Gasteiger partial charge is 0.284 e. The molecular weight excluding hydrogens is 420 g/mol. The van der Waals surface area contributed by atoms with Gasteiger partial charge in [-0.3, -0.25) is 9.69 Å². The van der Waals surface area contributed by atoms with Crippen LogP contribution in [0.4, 0.5) is 0 Å². The van der Waals surface area contributed by atoms with Gasteiger partial charge < -0.3 is 0 Å². The first kappa shape index (κ1) is 19.3. The van der Waals surface area contributed by atoms with Gasteiger partial charge in [-0.25, -0.2) is 14.3 Å². The Morgan fingerprint density at radius 2 is 1.78 bits per heavy atom. The van der Waals surface area contributed by atoms with E-state index in [0.29, 0.717) is 18.1 Å². The monoisotopic (exact) mass is 442 g/mol. The van der Waals surface area contributed by atoms with Gasteiger partial charge in [-0.05, 0) is 37.1 Å². The SMILES string of the molecule is O=c1c2nn(-c3ccccc3)cc2cnn1CN1CCC(c2nc3ccccc3s2)CC1. The van der Waals surface area contributed by atoms with E-state index in [1.54, 1.807) is 22.2 Å². The molecule has 1 aliphatic heterocycles. The Morgan fingerprint density at radius 1 is 1.00 bits per heavy atom. The molecule has 1 aliphatic rings. The van der Waals surface area contributed by atoms with Crippen molar-refractivity contribution in [3.05, 3.63) is 82.4 Å². The largest absolute Gasteiger partial charge is 0.296 e. The summed E-state index contributed by atoms with van der Waals surface area (Å²) in [5, 5.41) is 10.9. The van der Waals surface area contributed by atoms with Crippen LogP contribution in [0.15, 0.2) is 71.8 Å². The summed E-state index contributed by atoms with van der Waals surface area (Å²) in [6.45, 7) is 2.33. The number of benzene rings is 2. The predicted octanol–water partition coefficient (Wildman–Crippen LogP) is 4.03. The van der Waals surface area contributed by atoms with Crippen molar-refractivity contribution in [2.75, 3.05) is 13.1 Å². The molecule has 3 aromatic heterocycles. The molecule has 0 atom stereocenters. The second kappa shape index (κ2) is 7.96. The maximum atomic E-state index is 13.0. The molecule has 8 heteroatoms. The first-order chi connectivity index (χ1) is 15.7. The predicted molar refractivity (Wildman–Crippen MR) is 126 cm³/mol. The molecule has 5 aromatic rings. The molecule has 1 fully saturated rings. The Balaban J connectivity index is 1.17. The standard InChI is InChI=1S/C24H22N6OS/c31-24-22-18(15-29(27-22)19-6-2-1-3-7-19)14-25-30(24)16-28-12-10-17(11-13-28)23-26-20-8-4-5-9-21(20)32-23/h1-9,14-15,17H,10-13,16H2. The number of nitrogens with zero attached hydrogens (tertiary/aromatic N) is 6. The van der Waals surface area contributed by atoms with Crippen LogP contribution < -0.4 is 5.56 Å². The average Bonchev–Trinajstić information content (AvgIpc) is 3.47. The second-order valence-corrected chi connectivity index (χ2v) is 9.28. The summed E-state index contributed by atoms with van der Waals surface area (Å²) in [5.74, 6) is 0.484. The van der Waals surface area contributed by atoms with Crippen molar-refractivity contribution in [2.24, 2.45) is 0 Å². The van der Waals surface area contributed by atoms with Crippen molar-refractivity contribution in [1.82, 2.24) is 29.4 Å². The van der Waals surface area contributed by atoms with Gasteiger partial charge in [0.1, 0.15) is 0 Å². The van der Waals surface area contributed by atoms with Gasteiger partial charge in [-0.1, -0.05) is 30.3 Å². The quantitative estimate of drug-likeness (QED) is 0.420. The molecule has 160 valence electrons. The molecule has 0 aliphatic carbocycles. The minimum Gasteiger partial charge on any atom is -0.284 e. The van der Waals surface area contributed by atoms with E-state index in [1.165, 1.54) is 14.4 Å². The molecule has 6 rings (SSSR count). The van der Waals surface area contributed by atoms with Crippen LogP contribution >= 0.6 is 11.3 Å². The highest BCUT2D eigenvalue weighted by atomic mass is 32.1. The fourth-order valence-corrected chi connectivity index (χ4v) is 5.48. The van der Waals surface area contributed by atoms with Crippen molar-refractivity contribution in [3.63, 3.8) is 0 Å². The lowest BCUT2D eigenvalue weighted by Gasteiger charge is -2.30. The van der Waals surface area contributed by atoms with E-state index in [-0.39, 0.29) is 5.56 Å². The van der Waals surface area contributed by atoms with Crippen LogP contribution in [0.25, 0.3) is 26.8 Å². The summed E-state index contributed by atoms with van der Waals surface area (Å²) in [4.78, 5) is 20.2. The Hall–Kier alpha value is -3.36. The van der Waals surface area contributed by atoms with Crippen molar-refractivity contribution in [2.45, 2.75) is 25.4 Å². The van der Waals surface area contributed by atoms with Crippen LogP contribution in [-0.2, 0) is 6.67 Å². The molecule has 0 radical (unpaired) electrons. The van der Waals surface area contributed by atoms with E-state index in [1.807, 2.05) is 42.6 Å². The first-order valence-corrected chi connectivity index (χ1v) is 11.6. The topological polar surface area (TPSA) is 68.8 Å². The van der Waals surface area contributed by atoms with Gasteiger partial charge in [0, 0.05) is 30.6 Å². The number of piperidine rings is 1. The van der Waals surface area contributed by atoms with Crippen LogP contribution in [0.5, 0.6) is 0 Å². The molecule has 4 heterocycles. The van der Waals surface area contributed by atoms with Gasteiger partial charge in [-0.15, -0.1) is 11.3 Å². The van der Waals surface area contributed by atoms with E-state index in [0.717, 1.165) is 42.5 Å². The third kappa shape index (κ3) is 3.51. The van der Waals surface area contributed by atoms with Gasteiger partial charge in [-0.2, -0.15) is 10.2 Å². The molecule has 0 saturated carbocycles. The number of likely N-dealkylation sites (tertiary alicyclic amines) is 1. The zero-order chi connectivity index (χ0) is 21.5. The lowest BCUT2D eigenvalue weighted by atomic mass is 9.98. The van der Waals surface area contributed by atoms with Crippen molar-refractivity contribution < 1.29 is 0 Å². The summed E-state index contributed by atoms with van der Waals surface area (Å²) < 4.78 is 4.52. The Morgan fingerprint density at radius 3 is 2.59 bits per heavy atom. The summed E-state index contributed by atoms with van der Waals surface area (Å²) >= 11 is 1.81. The third-order valence-electron chi connectivity index (χ3n) is 6.12. The fraction of sp³-hybridized carbons (Fsp3) is 0.250. The van der Waals surface area contributed by atoms with Crippen molar-refractivity contribution in [3.8, 4) is 5.69 Å². The average molecular weight is 443 g/mol. The molecule has 32 heavy (non-hydrogen) atoms. The molecule has 7 nitrogen and oxygen atoms in total. The highest BCUT2D eigenvalue weighted by molar-refractivity contribution is 7.18.